The predicted molar refractivity (Wildman–Crippen MR) is 147 cm³/mol. The van der Waals surface area contributed by atoms with E-state index in [0.29, 0.717) is 12.5 Å². The van der Waals surface area contributed by atoms with Crippen molar-refractivity contribution in [1.29, 1.82) is 0 Å². The number of ether oxygens (including phenoxy) is 1. The maximum atomic E-state index is 13.6. The topological polar surface area (TPSA) is 88.1 Å². The molecule has 0 atom stereocenters. The number of aromatic nitrogens is 4. The first-order valence-electron chi connectivity index (χ1n) is 13.1. The second kappa shape index (κ2) is 9.11. The molecule has 8 nitrogen and oxygen atoms in total. The van der Waals surface area contributed by atoms with Crippen LogP contribution in [0, 0.1) is 0 Å². The van der Waals surface area contributed by atoms with Crippen LogP contribution < -0.4 is 10.9 Å². The zero-order valence-corrected chi connectivity index (χ0v) is 22.0. The highest BCUT2D eigenvalue weighted by Crippen LogP contribution is 2.36. The van der Waals surface area contributed by atoms with Crippen LogP contribution in [-0.4, -0.2) is 56.3 Å². The van der Waals surface area contributed by atoms with Crippen LogP contribution in [0.1, 0.15) is 44.7 Å². The number of morpholine rings is 1. The summed E-state index contributed by atoms with van der Waals surface area (Å²) in [5, 5.41) is 4.46. The van der Waals surface area contributed by atoms with Crippen LogP contribution in [0.5, 0.6) is 0 Å². The highest BCUT2D eigenvalue weighted by atomic mass is 16.5. The largest absolute Gasteiger partial charge is 0.379 e. The molecular weight excluding hydrogens is 464 g/mol. The lowest BCUT2D eigenvalue weighted by Crippen LogP contribution is -2.35. The molecule has 3 aromatic heterocycles. The summed E-state index contributed by atoms with van der Waals surface area (Å²) in [6.07, 6.45) is 3.94. The Kier molecular flexibility index (Phi) is 5.88. The molecule has 0 unspecified atom stereocenters. The minimum atomic E-state index is -0.209. The molecule has 6 rings (SSSR count). The normalized spacial score (nSPS) is 17.3. The standard InChI is InChI=1S/C29H34N6O2/c1-18(2)25-26(32-28-33-29(3,4)17-35(28)27(25)36)22-15-31-24-8-6-20(13-21(22)24)23-7-5-19(14-30-23)16-34-9-11-37-12-10-34/h5-8,13-15,18,31H,9-12,16-17H2,1-4H3,(H,32,33). The van der Waals surface area contributed by atoms with Gasteiger partial charge < -0.3 is 15.0 Å². The van der Waals surface area contributed by atoms with Crippen LogP contribution in [0.4, 0.5) is 5.95 Å². The molecule has 1 fully saturated rings. The van der Waals surface area contributed by atoms with Gasteiger partial charge >= 0.3 is 0 Å². The molecule has 37 heavy (non-hydrogen) atoms. The molecule has 1 saturated heterocycles. The van der Waals surface area contributed by atoms with E-state index < -0.39 is 0 Å². The van der Waals surface area contributed by atoms with Crippen LogP contribution in [0.15, 0.2) is 47.5 Å². The Hall–Kier alpha value is -3.49. The Morgan fingerprint density at radius 1 is 1.14 bits per heavy atom. The van der Waals surface area contributed by atoms with Crippen molar-refractivity contribution in [2.24, 2.45) is 0 Å². The maximum Gasteiger partial charge on any atom is 0.259 e. The summed E-state index contributed by atoms with van der Waals surface area (Å²) in [6.45, 7) is 13.3. The van der Waals surface area contributed by atoms with Gasteiger partial charge in [0.2, 0.25) is 5.95 Å². The van der Waals surface area contributed by atoms with Gasteiger partial charge in [-0.25, -0.2) is 4.98 Å². The van der Waals surface area contributed by atoms with Crippen LogP contribution in [0.3, 0.4) is 0 Å². The second-order valence-electron chi connectivity index (χ2n) is 11.2. The lowest BCUT2D eigenvalue weighted by atomic mass is 9.97. The van der Waals surface area contributed by atoms with Gasteiger partial charge in [0.05, 0.1) is 36.7 Å². The van der Waals surface area contributed by atoms with Crippen molar-refractivity contribution in [2.45, 2.75) is 52.2 Å². The number of H-pyrrole nitrogens is 1. The molecule has 0 saturated carbocycles. The van der Waals surface area contributed by atoms with Gasteiger partial charge in [0.25, 0.3) is 5.56 Å². The fourth-order valence-corrected chi connectivity index (χ4v) is 5.46. The Bertz CT molecular complexity index is 1510. The Labute approximate surface area is 216 Å². The van der Waals surface area contributed by atoms with Crippen molar-refractivity contribution >= 4 is 16.9 Å². The Morgan fingerprint density at radius 3 is 2.68 bits per heavy atom. The van der Waals surface area contributed by atoms with Crippen molar-refractivity contribution in [2.75, 3.05) is 31.6 Å². The zero-order chi connectivity index (χ0) is 25.7. The van der Waals surface area contributed by atoms with E-state index in [-0.39, 0.29) is 17.0 Å². The minimum Gasteiger partial charge on any atom is -0.379 e. The molecule has 0 aliphatic carbocycles. The van der Waals surface area contributed by atoms with E-state index in [2.05, 4.69) is 73.2 Å². The second-order valence-corrected chi connectivity index (χ2v) is 11.2. The molecule has 2 N–H and O–H groups in total. The number of rotatable bonds is 5. The third kappa shape index (κ3) is 4.45. The number of aromatic amines is 1. The average Bonchev–Trinajstić information content (AvgIpc) is 3.44. The van der Waals surface area contributed by atoms with Gasteiger partial charge in [-0.1, -0.05) is 26.0 Å². The number of benzene rings is 1. The lowest BCUT2D eigenvalue weighted by Gasteiger charge is -2.26. The van der Waals surface area contributed by atoms with E-state index >= 15 is 0 Å². The number of nitrogens with zero attached hydrogens (tertiary/aromatic N) is 4. The van der Waals surface area contributed by atoms with Crippen molar-refractivity contribution in [3.8, 4) is 22.5 Å². The fraction of sp³-hybridized carbons (Fsp3) is 0.414. The Balaban J connectivity index is 1.38. The smallest absolute Gasteiger partial charge is 0.259 e. The first-order chi connectivity index (χ1) is 17.8. The molecule has 5 heterocycles. The SMILES string of the molecule is CC(C)c1c(-c2c[nH]c3ccc(-c4ccc(CN5CCOCC5)cn4)cc23)nc2n(c1=O)CC(C)(C)N2. The summed E-state index contributed by atoms with van der Waals surface area (Å²) >= 11 is 0. The van der Waals surface area contributed by atoms with Crippen molar-refractivity contribution in [3.63, 3.8) is 0 Å². The fourth-order valence-electron chi connectivity index (χ4n) is 5.46. The van der Waals surface area contributed by atoms with Crippen molar-refractivity contribution < 1.29 is 4.74 Å². The molecule has 2 aliphatic heterocycles. The first kappa shape index (κ1) is 23.9. The van der Waals surface area contributed by atoms with E-state index in [1.165, 1.54) is 5.56 Å². The van der Waals surface area contributed by atoms with Crippen LogP contribution in [0.25, 0.3) is 33.4 Å². The number of pyridine rings is 1. The van der Waals surface area contributed by atoms with Gasteiger partial charge in [-0.15, -0.1) is 0 Å². The van der Waals surface area contributed by atoms with Gasteiger partial charge in [0.1, 0.15) is 0 Å². The summed E-state index contributed by atoms with van der Waals surface area (Å²) in [5.74, 6) is 0.683. The number of anilines is 1. The average molecular weight is 499 g/mol. The summed E-state index contributed by atoms with van der Waals surface area (Å²) in [7, 11) is 0. The number of fused-ring (bicyclic) bond motifs is 2. The first-order valence-corrected chi connectivity index (χ1v) is 13.1. The van der Waals surface area contributed by atoms with Gasteiger partial charge in [-0.3, -0.25) is 19.2 Å². The molecule has 1 aromatic carbocycles. The highest BCUT2D eigenvalue weighted by Gasteiger charge is 2.32. The highest BCUT2D eigenvalue weighted by molar-refractivity contribution is 5.97. The van der Waals surface area contributed by atoms with Crippen LogP contribution in [-0.2, 0) is 17.8 Å². The summed E-state index contributed by atoms with van der Waals surface area (Å²) < 4.78 is 7.24. The molecule has 0 bridgehead atoms. The van der Waals surface area contributed by atoms with Gasteiger partial charge in [-0.2, -0.15) is 0 Å². The zero-order valence-electron chi connectivity index (χ0n) is 22.0. The van der Waals surface area contributed by atoms with E-state index in [4.69, 9.17) is 14.7 Å². The predicted octanol–water partition coefficient (Wildman–Crippen LogP) is 4.61. The van der Waals surface area contributed by atoms with E-state index in [1.54, 1.807) is 4.57 Å². The van der Waals surface area contributed by atoms with Crippen molar-refractivity contribution in [1.82, 2.24) is 24.4 Å². The van der Waals surface area contributed by atoms with Crippen molar-refractivity contribution in [3.05, 3.63) is 64.2 Å². The lowest BCUT2D eigenvalue weighted by molar-refractivity contribution is 0.0341. The maximum absolute atomic E-state index is 13.6. The molecule has 4 aromatic rings. The summed E-state index contributed by atoms with van der Waals surface area (Å²) in [4.78, 5) is 29.1. The quantitative estimate of drug-likeness (QED) is 0.418. The molecule has 0 spiro atoms. The molecule has 0 amide bonds. The molecule has 192 valence electrons. The summed E-state index contributed by atoms with van der Waals surface area (Å²) in [5.41, 5.74) is 6.44. The molecular formula is C29H34N6O2. The van der Waals surface area contributed by atoms with Crippen LogP contribution in [0.2, 0.25) is 0 Å². The molecule has 0 radical (unpaired) electrons. The molecule has 8 heteroatoms. The summed E-state index contributed by atoms with van der Waals surface area (Å²) in [6, 6.07) is 10.6. The Morgan fingerprint density at radius 2 is 1.95 bits per heavy atom. The van der Waals surface area contributed by atoms with Gasteiger partial charge in [0, 0.05) is 59.6 Å². The number of hydrogen-bond acceptors (Lipinski definition) is 6. The van der Waals surface area contributed by atoms with E-state index in [9.17, 15) is 4.79 Å². The van der Waals surface area contributed by atoms with E-state index in [1.807, 2.05) is 12.4 Å². The number of hydrogen-bond donors (Lipinski definition) is 2. The molecule has 2 aliphatic rings. The van der Waals surface area contributed by atoms with Crippen LogP contribution >= 0.6 is 0 Å². The third-order valence-corrected chi connectivity index (χ3v) is 7.35. The van der Waals surface area contributed by atoms with E-state index in [0.717, 1.165) is 71.8 Å². The minimum absolute atomic E-state index is 0.0381. The number of nitrogens with one attached hydrogen (secondary N) is 2. The van der Waals surface area contributed by atoms with Gasteiger partial charge in [0.15, 0.2) is 0 Å². The monoisotopic (exact) mass is 498 g/mol. The van der Waals surface area contributed by atoms with Gasteiger partial charge in [-0.05, 0) is 43.5 Å². The third-order valence-electron chi connectivity index (χ3n) is 7.35.